The minimum absolute atomic E-state index is 0.421. The molecule has 0 aromatic carbocycles. The third-order valence-corrected chi connectivity index (χ3v) is 2.15. The predicted octanol–water partition coefficient (Wildman–Crippen LogP) is 2.81. The van der Waals surface area contributed by atoms with E-state index < -0.39 is 11.9 Å². The lowest BCUT2D eigenvalue weighted by atomic mass is 10.4. The molecule has 0 amide bonds. The molecule has 1 heterocycles. The van der Waals surface area contributed by atoms with E-state index in [1.807, 2.05) is 0 Å². The molecule has 0 atom stereocenters. The molecule has 1 aromatic rings. The fourth-order valence-corrected chi connectivity index (χ4v) is 1.09. The Morgan fingerprint density at radius 1 is 1.36 bits per heavy atom. The number of halogens is 4. The molecule has 1 nitrogen and oxygen atoms in total. The fraction of sp³-hybridized carbons (Fsp3) is 0.333. The first-order valence-electron chi connectivity index (χ1n) is 2.81. The van der Waals surface area contributed by atoms with Gasteiger partial charge in [0.25, 0.3) is 0 Å². The summed E-state index contributed by atoms with van der Waals surface area (Å²) in [5.41, 5.74) is -0.649. The Bertz CT molecular complexity index is 263. The first-order valence-corrected chi connectivity index (χ1v) is 3.60. The highest BCUT2D eigenvalue weighted by molar-refractivity contribution is 9.10. The number of rotatable bonds is 0. The van der Waals surface area contributed by atoms with Crippen LogP contribution in [0.5, 0.6) is 0 Å². The van der Waals surface area contributed by atoms with Gasteiger partial charge in [-0.2, -0.15) is 13.2 Å². The minimum Gasteiger partial charge on any atom is -0.335 e. The quantitative estimate of drug-likeness (QED) is 0.643. The summed E-state index contributed by atoms with van der Waals surface area (Å²) in [5, 5.41) is 0. The topological polar surface area (TPSA) is 4.93 Å². The second-order valence-corrected chi connectivity index (χ2v) is 2.91. The van der Waals surface area contributed by atoms with E-state index in [0.29, 0.717) is 4.60 Å². The van der Waals surface area contributed by atoms with Crippen molar-refractivity contribution in [1.29, 1.82) is 0 Å². The van der Waals surface area contributed by atoms with E-state index in [9.17, 15) is 13.2 Å². The summed E-state index contributed by atoms with van der Waals surface area (Å²) in [6.07, 6.45) is -4.26. The standard InChI is InChI=1S/C6H5BrF3N/c1-11-4(6(8,9)10)2-3-5(11)7/h2-3H,1H3. The highest BCUT2D eigenvalue weighted by Crippen LogP contribution is 2.31. The van der Waals surface area contributed by atoms with Gasteiger partial charge < -0.3 is 4.57 Å². The van der Waals surface area contributed by atoms with E-state index in [-0.39, 0.29) is 0 Å². The monoisotopic (exact) mass is 227 g/mol. The van der Waals surface area contributed by atoms with Crippen molar-refractivity contribution in [3.63, 3.8) is 0 Å². The van der Waals surface area contributed by atoms with E-state index in [4.69, 9.17) is 0 Å². The Kier molecular flexibility index (Phi) is 2.00. The maximum Gasteiger partial charge on any atom is 0.431 e. The Hall–Kier alpha value is -0.450. The maximum absolute atomic E-state index is 12.0. The molecule has 0 fully saturated rings. The predicted molar refractivity (Wildman–Crippen MR) is 38.1 cm³/mol. The van der Waals surface area contributed by atoms with E-state index in [2.05, 4.69) is 15.9 Å². The molecule has 11 heavy (non-hydrogen) atoms. The molecule has 0 unspecified atom stereocenters. The molecule has 0 aliphatic heterocycles. The number of alkyl halides is 3. The molecule has 5 heteroatoms. The molecule has 1 aromatic heterocycles. The van der Waals surface area contributed by atoms with Crippen LogP contribution in [0.1, 0.15) is 5.69 Å². The molecular formula is C6H5BrF3N. The van der Waals surface area contributed by atoms with Gasteiger partial charge in [0.05, 0.1) is 4.60 Å². The largest absolute Gasteiger partial charge is 0.431 e. The lowest BCUT2D eigenvalue weighted by molar-refractivity contribution is -0.143. The van der Waals surface area contributed by atoms with Crippen molar-refractivity contribution < 1.29 is 13.2 Å². The molecule has 0 aliphatic carbocycles. The second-order valence-electron chi connectivity index (χ2n) is 2.10. The van der Waals surface area contributed by atoms with Crippen molar-refractivity contribution in [3.8, 4) is 0 Å². The zero-order valence-electron chi connectivity index (χ0n) is 5.61. The Morgan fingerprint density at radius 3 is 2.09 bits per heavy atom. The lowest BCUT2D eigenvalue weighted by Gasteiger charge is -2.07. The van der Waals surface area contributed by atoms with Gasteiger partial charge in [0, 0.05) is 7.05 Å². The first-order chi connectivity index (χ1) is 4.93. The zero-order chi connectivity index (χ0) is 8.65. The Morgan fingerprint density at radius 2 is 1.91 bits per heavy atom. The van der Waals surface area contributed by atoms with Crippen molar-refractivity contribution >= 4 is 15.9 Å². The van der Waals surface area contributed by atoms with Gasteiger partial charge in [-0.3, -0.25) is 0 Å². The molecule has 0 radical (unpaired) electrons. The summed E-state index contributed by atoms with van der Waals surface area (Å²) in [6.45, 7) is 0. The third kappa shape index (κ3) is 1.58. The van der Waals surface area contributed by atoms with Crippen molar-refractivity contribution in [2.45, 2.75) is 6.18 Å². The van der Waals surface area contributed by atoms with Crippen LogP contribution in [0, 0.1) is 0 Å². The van der Waals surface area contributed by atoms with Gasteiger partial charge in [0.1, 0.15) is 5.69 Å². The molecular weight excluding hydrogens is 223 g/mol. The fourth-order valence-electron chi connectivity index (χ4n) is 0.771. The zero-order valence-corrected chi connectivity index (χ0v) is 7.20. The highest BCUT2D eigenvalue weighted by Gasteiger charge is 2.33. The average Bonchev–Trinajstić information content (AvgIpc) is 2.11. The second kappa shape index (κ2) is 2.55. The van der Waals surface area contributed by atoms with Gasteiger partial charge in [-0.1, -0.05) is 0 Å². The van der Waals surface area contributed by atoms with Crippen molar-refractivity contribution in [3.05, 3.63) is 22.4 Å². The van der Waals surface area contributed by atoms with Crippen LogP contribution in [0.15, 0.2) is 16.7 Å². The van der Waals surface area contributed by atoms with Gasteiger partial charge in [-0.25, -0.2) is 0 Å². The van der Waals surface area contributed by atoms with Gasteiger partial charge in [0.2, 0.25) is 0 Å². The number of nitrogens with zero attached hydrogens (tertiary/aromatic N) is 1. The molecule has 1 rings (SSSR count). The van der Waals surface area contributed by atoms with E-state index in [0.717, 1.165) is 10.6 Å². The van der Waals surface area contributed by atoms with Crippen molar-refractivity contribution in [2.75, 3.05) is 0 Å². The van der Waals surface area contributed by atoms with E-state index in [1.165, 1.54) is 13.1 Å². The van der Waals surface area contributed by atoms with Crippen LogP contribution in [0.2, 0.25) is 0 Å². The Labute approximate surface area is 69.9 Å². The summed E-state index contributed by atoms with van der Waals surface area (Å²) < 4.78 is 37.5. The third-order valence-electron chi connectivity index (χ3n) is 1.35. The van der Waals surface area contributed by atoms with E-state index in [1.54, 1.807) is 0 Å². The summed E-state index contributed by atoms with van der Waals surface area (Å²) in [5.74, 6) is 0. The molecule has 0 aliphatic rings. The maximum atomic E-state index is 12.0. The number of hydrogen-bond donors (Lipinski definition) is 0. The summed E-state index contributed by atoms with van der Waals surface area (Å²) in [6, 6.07) is 2.40. The molecule has 0 saturated carbocycles. The minimum atomic E-state index is -4.26. The Balaban J connectivity index is 3.15. The highest BCUT2D eigenvalue weighted by atomic mass is 79.9. The van der Waals surface area contributed by atoms with Crippen LogP contribution in [-0.4, -0.2) is 4.57 Å². The number of hydrogen-bond acceptors (Lipinski definition) is 0. The summed E-state index contributed by atoms with van der Waals surface area (Å²) >= 11 is 2.97. The van der Waals surface area contributed by atoms with Crippen LogP contribution in [0.3, 0.4) is 0 Å². The number of aromatic nitrogens is 1. The smallest absolute Gasteiger partial charge is 0.335 e. The van der Waals surface area contributed by atoms with Crippen LogP contribution in [-0.2, 0) is 13.2 Å². The van der Waals surface area contributed by atoms with Crippen LogP contribution in [0.25, 0.3) is 0 Å². The molecule has 0 N–H and O–H groups in total. The van der Waals surface area contributed by atoms with Gasteiger partial charge >= 0.3 is 6.18 Å². The molecule has 0 spiro atoms. The SMILES string of the molecule is Cn1c(Br)ccc1C(F)(F)F. The summed E-state index contributed by atoms with van der Waals surface area (Å²) in [7, 11) is 1.35. The van der Waals surface area contributed by atoms with Crippen molar-refractivity contribution in [2.24, 2.45) is 7.05 Å². The lowest BCUT2D eigenvalue weighted by Crippen LogP contribution is -2.10. The summed E-state index contributed by atoms with van der Waals surface area (Å²) in [4.78, 5) is 0. The van der Waals surface area contributed by atoms with Crippen molar-refractivity contribution in [1.82, 2.24) is 4.57 Å². The van der Waals surface area contributed by atoms with Crippen LogP contribution < -0.4 is 0 Å². The van der Waals surface area contributed by atoms with Crippen LogP contribution >= 0.6 is 15.9 Å². The van der Waals surface area contributed by atoms with Gasteiger partial charge in [-0.05, 0) is 28.1 Å². The molecule has 62 valence electrons. The van der Waals surface area contributed by atoms with Crippen LogP contribution in [0.4, 0.5) is 13.2 Å². The van der Waals surface area contributed by atoms with Gasteiger partial charge in [-0.15, -0.1) is 0 Å². The average molecular weight is 228 g/mol. The first kappa shape index (κ1) is 8.64. The van der Waals surface area contributed by atoms with E-state index >= 15 is 0 Å². The normalized spacial score (nSPS) is 12.1. The van der Waals surface area contributed by atoms with Gasteiger partial charge in [0.15, 0.2) is 0 Å². The molecule has 0 saturated heterocycles. The molecule has 0 bridgehead atoms.